The van der Waals surface area contributed by atoms with Gasteiger partial charge in [0.15, 0.2) is 11.5 Å². The van der Waals surface area contributed by atoms with E-state index in [-0.39, 0.29) is 23.7 Å². The Morgan fingerprint density at radius 1 is 1.47 bits per heavy atom. The van der Waals surface area contributed by atoms with Gasteiger partial charge in [-0.1, -0.05) is 13.0 Å². The van der Waals surface area contributed by atoms with Crippen molar-refractivity contribution in [3.8, 4) is 11.5 Å². The van der Waals surface area contributed by atoms with Crippen molar-refractivity contribution in [2.24, 2.45) is 0 Å². The Morgan fingerprint density at radius 3 is 2.84 bits per heavy atom. The van der Waals surface area contributed by atoms with Crippen LogP contribution < -0.4 is 4.74 Å². The fourth-order valence-electron chi connectivity index (χ4n) is 2.84. The van der Waals surface area contributed by atoms with Crippen LogP contribution in [0, 0.1) is 0 Å². The summed E-state index contributed by atoms with van der Waals surface area (Å²) in [6, 6.07) is 5.53. The summed E-state index contributed by atoms with van der Waals surface area (Å²) < 4.78 is 5.06. The minimum absolute atomic E-state index is 0.0658. The number of carbonyl (C=O) groups excluding carboxylic acids is 1. The van der Waals surface area contributed by atoms with Gasteiger partial charge in [0.1, 0.15) is 0 Å². The van der Waals surface area contributed by atoms with Gasteiger partial charge in [0.25, 0.3) is 5.91 Å². The molecule has 0 spiro atoms. The second kappa shape index (κ2) is 5.51. The van der Waals surface area contributed by atoms with E-state index in [1.165, 1.54) is 7.11 Å². The number of likely N-dealkylation sites (tertiary alicyclic amines) is 1. The maximum atomic E-state index is 12.6. The molecule has 1 heterocycles. The van der Waals surface area contributed by atoms with Crippen LogP contribution in [-0.2, 0) is 0 Å². The zero-order valence-corrected chi connectivity index (χ0v) is 11.7. The van der Waals surface area contributed by atoms with E-state index in [4.69, 9.17) is 4.74 Å². The zero-order chi connectivity index (χ0) is 14.0. The van der Waals surface area contributed by atoms with Crippen molar-refractivity contribution in [1.82, 2.24) is 4.90 Å². The average Bonchev–Trinajstić information content (AvgIpc) is 2.79. The van der Waals surface area contributed by atoms with Crippen LogP contribution in [0.5, 0.6) is 11.5 Å². The van der Waals surface area contributed by atoms with Crippen LogP contribution >= 0.6 is 0 Å². The smallest absolute Gasteiger partial charge is 0.258 e. The molecule has 1 amide bonds. The lowest BCUT2D eigenvalue weighted by Gasteiger charge is -2.28. The summed E-state index contributed by atoms with van der Waals surface area (Å²) in [4.78, 5) is 14.5. The molecule has 2 rings (SSSR count). The Hall–Kier alpha value is -1.71. The number of phenolic OH excluding ortho intramolecular Hbond substituents is 1. The molecular formula is C15H21NO3. The standard InChI is InChI=1S/C15H21NO3/c1-4-11-9-8-10(2)16(11)15(18)12-6-5-7-13(19-3)14(12)17/h5-7,10-11,17H,4,8-9H2,1-3H3. The molecule has 1 N–H and O–H groups in total. The van der Waals surface area contributed by atoms with Crippen molar-refractivity contribution in [2.45, 2.75) is 45.2 Å². The maximum absolute atomic E-state index is 12.6. The van der Waals surface area contributed by atoms with Gasteiger partial charge >= 0.3 is 0 Å². The third-order valence-electron chi connectivity index (χ3n) is 3.94. The Morgan fingerprint density at radius 2 is 2.21 bits per heavy atom. The van der Waals surface area contributed by atoms with Gasteiger partial charge in [0.2, 0.25) is 0 Å². The second-order valence-corrected chi connectivity index (χ2v) is 5.06. The highest BCUT2D eigenvalue weighted by atomic mass is 16.5. The molecule has 1 saturated heterocycles. The Labute approximate surface area is 114 Å². The molecule has 4 heteroatoms. The molecule has 4 nitrogen and oxygen atoms in total. The van der Waals surface area contributed by atoms with Crippen molar-refractivity contribution >= 4 is 5.91 Å². The zero-order valence-electron chi connectivity index (χ0n) is 11.7. The second-order valence-electron chi connectivity index (χ2n) is 5.06. The van der Waals surface area contributed by atoms with Crippen molar-refractivity contribution in [3.05, 3.63) is 23.8 Å². The van der Waals surface area contributed by atoms with Gasteiger partial charge in [0.05, 0.1) is 12.7 Å². The van der Waals surface area contributed by atoms with E-state index in [0.29, 0.717) is 11.3 Å². The van der Waals surface area contributed by atoms with Crippen molar-refractivity contribution in [1.29, 1.82) is 0 Å². The number of hydrogen-bond donors (Lipinski definition) is 1. The van der Waals surface area contributed by atoms with Gasteiger partial charge < -0.3 is 14.7 Å². The number of para-hydroxylation sites is 1. The first kappa shape index (κ1) is 13.7. The van der Waals surface area contributed by atoms with E-state index >= 15 is 0 Å². The molecule has 1 aliphatic rings. The molecular weight excluding hydrogens is 242 g/mol. The number of carbonyl (C=O) groups is 1. The molecule has 0 aromatic heterocycles. The van der Waals surface area contributed by atoms with Crippen LogP contribution in [0.2, 0.25) is 0 Å². The summed E-state index contributed by atoms with van der Waals surface area (Å²) >= 11 is 0. The molecule has 0 radical (unpaired) electrons. The number of ether oxygens (including phenoxy) is 1. The molecule has 0 saturated carbocycles. The van der Waals surface area contributed by atoms with E-state index in [2.05, 4.69) is 13.8 Å². The van der Waals surface area contributed by atoms with Gasteiger partial charge in [-0.3, -0.25) is 4.79 Å². The van der Waals surface area contributed by atoms with E-state index in [9.17, 15) is 9.90 Å². The average molecular weight is 263 g/mol. The summed E-state index contributed by atoms with van der Waals surface area (Å²) in [6.45, 7) is 4.15. The number of rotatable bonds is 3. The number of benzene rings is 1. The lowest BCUT2D eigenvalue weighted by atomic mass is 10.1. The van der Waals surface area contributed by atoms with Gasteiger partial charge in [0, 0.05) is 12.1 Å². The topological polar surface area (TPSA) is 49.8 Å². The highest BCUT2D eigenvalue weighted by molar-refractivity contribution is 5.98. The Kier molecular flexibility index (Phi) is 3.98. The molecule has 0 bridgehead atoms. The number of phenols is 1. The van der Waals surface area contributed by atoms with E-state index < -0.39 is 0 Å². The molecule has 104 valence electrons. The molecule has 1 aromatic rings. The van der Waals surface area contributed by atoms with Crippen LogP contribution in [0.4, 0.5) is 0 Å². The highest BCUT2D eigenvalue weighted by Gasteiger charge is 2.34. The Bertz CT molecular complexity index is 472. The number of hydrogen-bond acceptors (Lipinski definition) is 3. The van der Waals surface area contributed by atoms with E-state index in [1.807, 2.05) is 4.90 Å². The molecule has 1 aromatic carbocycles. The molecule has 2 atom stereocenters. The molecule has 2 unspecified atom stereocenters. The summed E-state index contributed by atoms with van der Waals surface area (Å²) in [5.41, 5.74) is 0.326. The lowest BCUT2D eigenvalue weighted by Crippen LogP contribution is -2.39. The SMILES string of the molecule is CCC1CCC(C)N1C(=O)c1cccc(OC)c1O. The monoisotopic (exact) mass is 263 g/mol. The van der Waals surface area contributed by atoms with Crippen LogP contribution in [0.15, 0.2) is 18.2 Å². The molecule has 0 aliphatic carbocycles. The summed E-state index contributed by atoms with van der Waals surface area (Å²) in [6.07, 6.45) is 3.00. The first-order valence-corrected chi connectivity index (χ1v) is 6.78. The van der Waals surface area contributed by atoms with Gasteiger partial charge in [-0.15, -0.1) is 0 Å². The maximum Gasteiger partial charge on any atom is 0.258 e. The summed E-state index contributed by atoms with van der Waals surface area (Å²) in [5, 5.41) is 10.1. The van der Waals surface area contributed by atoms with Crippen molar-refractivity contribution in [3.63, 3.8) is 0 Å². The van der Waals surface area contributed by atoms with Crippen LogP contribution in [0.25, 0.3) is 0 Å². The minimum atomic E-state index is -0.103. The summed E-state index contributed by atoms with van der Waals surface area (Å²) in [7, 11) is 1.48. The third-order valence-corrected chi connectivity index (χ3v) is 3.94. The molecule has 19 heavy (non-hydrogen) atoms. The van der Waals surface area contributed by atoms with Gasteiger partial charge in [-0.2, -0.15) is 0 Å². The number of aromatic hydroxyl groups is 1. The molecule has 1 fully saturated rings. The fraction of sp³-hybridized carbons (Fsp3) is 0.533. The highest BCUT2D eigenvalue weighted by Crippen LogP contribution is 2.34. The largest absolute Gasteiger partial charge is 0.504 e. The lowest BCUT2D eigenvalue weighted by molar-refractivity contribution is 0.0672. The van der Waals surface area contributed by atoms with E-state index in [1.54, 1.807) is 18.2 Å². The number of amides is 1. The van der Waals surface area contributed by atoms with Crippen LogP contribution in [-0.4, -0.2) is 35.1 Å². The fourth-order valence-corrected chi connectivity index (χ4v) is 2.84. The van der Waals surface area contributed by atoms with Gasteiger partial charge in [-0.05, 0) is 38.3 Å². The first-order chi connectivity index (χ1) is 9.10. The predicted molar refractivity (Wildman–Crippen MR) is 73.6 cm³/mol. The molecule has 1 aliphatic heterocycles. The third kappa shape index (κ3) is 2.39. The predicted octanol–water partition coefficient (Wildman–Crippen LogP) is 2.80. The van der Waals surface area contributed by atoms with Gasteiger partial charge in [-0.25, -0.2) is 0 Å². The minimum Gasteiger partial charge on any atom is -0.504 e. The first-order valence-electron chi connectivity index (χ1n) is 6.78. The quantitative estimate of drug-likeness (QED) is 0.912. The Balaban J connectivity index is 2.33. The van der Waals surface area contributed by atoms with Crippen molar-refractivity contribution < 1.29 is 14.6 Å². The van der Waals surface area contributed by atoms with Crippen LogP contribution in [0.1, 0.15) is 43.5 Å². The normalized spacial score (nSPS) is 22.6. The van der Waals surface area contributed by atoms with Crippen LogP contribution in [0.3, 0.4) is 0 Å². The summed E-state index contributed by atoms with van der Waals surface area (Å²) in [5.74, 6) is 0.169. The number of methoxy groups -OCH3 is 1. The number of nitrogens with zero attached hydrogens (tertiary/aromatic N) is 1. The van der Waals surface area contributed by atoms with Crippen molar-refractivity contribution in [2.75, 3.05) is 7.11 Å². The van der Waals surface area contributed by atoms with E-state index in [0.717, 1.165) is 19.3 Å².